The van der Waals surface area contributed by atoms with Crippen LogP contribution in [0.3, 0.4) is 0 Å². The summed E-state index contributed by atoms with van der Waals surface area (Å²) in [6, 6.07) is 9.40. The fourth-order valence-electron chi connectivity index (χ4n) is 2.25. The van der Waals surface area contributed by atoms with Crippen LogP contribution in [0, 0.1) is 6.92 Å². The lowest BCUT2D eigenvalue weighted by molar-refractivity contribution is -0.124. The van der Waals surface area contributed by atoms with Gasteiger partial charge in [0, 0.05) is 13.0 Å². The number of aryl methyl sites for hydroxylation is 1. The molecular weight excluding hydrogens is 316 g/mol. The number of tetrazole rings is 1. The van der Waals surface area contributed by atoms with Crippen LogP contribution in [0.15, 0.2) is 30.3 Å². The lowest BCUT2D eigenvalue weighted by atomic mass is 10.1. The number of benzene rings is 1. The SMILES string of the molecule is Cc1nnnn1C(Cc1ccccc1)C(=O)NCCCCN.Cl. The number of aromatic nitrogens is 4. The van der Waals surface area contributed by atoms with E-state index in [1.54, 1.807) is 11.6 Å². The molecule has 2 aromatic rings. The molecule has 1 unspecified atom stereocenters. The Morgan fingerprint density at radius 1 is 1.30 bits per heavy atom. The van der Waals surface area contributed by atoms with E-state index in [1.165, 1.54) is 0 Å². The van der Waals surface area contributed by atoms with Crippen molar-refractivity contribution >= 4 is 18.3 Å². The summed E-state index contributed by atoms with van der Waals surface area (Å²) in [5, 5.41) is 14.4. The fraction of sp³-hybridized carbons (Fsp3) is 0.467. The molecule has 1 atom stereocenters. The van der Waals surface area contributed by atoms with Crippen LogP contribution in [-0.4, -0.2) is 39.2 Å². The molecule has 0 aliphatic carbocycles. The highest BCUT2D eigenvalue weighted by Gasteiger charge is 2.23. The number of rotatable bonds is 8. The number of carbonyl (C=O) groups is 1. The van der Waals surface area contributed by atoms with E-state index in [4.69, 9.17) is 5.73 Å². The second kappa shape index (κ2) is 9.91. The zero-order chi connectivity index (χ0) is 15.8. The van der Waals surface area contributed by atoms with E-state index in [-0.39, 0.29) is 18.3 Å². The number of carbonyl (C=O) groups excluding carboxylic acids is 1. The maximum absolute atomic E-state index is 12.5. The van der Waals surface area contributed by atoms with Gasteiger partial charge in [0.2, 0.25) is 5.91 Å². The molecule has 0 aliphatic heterocycles. The van der Waals surface area contributed by atoms with E-state index in [9.17, 15) is 4.79 Å². The van der Waals surface area contributed by atoms with Crippen LogP contribution in [0.25, 0.3) is 0 Å². The van der Waals surface area contributed by atoms with Gasteiger partial charge in [0.25, 0.3) is 0 Å². The molecule has 23 heavy (non-hydrogen) atoms. The predicted octanol–water partition coefficient (Wildman–Crippen LogP) is 1.04. The fourth-order valence-corrected chi connectivity index (χ4v) is 2.25. The molecule has 2 rings (SSSR count). The van der Waals surface area contributed by atoms with Crippen molar-refractivity contribution in [1.82, 2.24) is 25.5 Å². The van der Waals surface area contributed by atoms with Gasteiger partial charge >= 0.3 is 0 Å². The molecule has 0 radical (unpaired) electrons. The predicted molar refractivity (Wildman–Crippen MR) is 90.3 cm³/mol. The summed E-state index contributed by atoms with van der Waals surface area (Å²) in [6.07, 6.45) is 2.32. The van der Waals surface area contributed by atoms with Crippen LogP contribution < -0.4 is 11.1 Å². The maximum Gasteiger partial charge on any atom is 0.245 e. The van der Waals surface area contributed by atoms with Crippen LogP contribution in [0.2, 0.25) is 0 Å². The summed E-state index contributed by atoms with van der Waals surface area (Å²) in [5.74, 6) is 0.550. The molecule has 0 saturated carbocycles. The van der Waals surface area contributed by atoms with Crippen molar-refractivity contribution in [3.63, 3.8) is 0 Å². The molecule has 0 fully saturated rings. The molecule has 1 aromatic heterocycles. The van der Waals surface area contributed by atoms with E-state index in [0.717, 1.165) is 18.4 Å². The van der Waals surface area contributed by atoms with Gasteiger partial charge in [0.15, 0.2) is 0 Å². The molecule has 3 N–H and O–H groups in total. The maximum atomic E-state index is 12.5. The molecule has 0 bridgehead atoms. The van der Waals surface area contributed by atoms with Crippen molar-refractivity contribution in [2.45, 2.75) is 32.2 Å². The van der Waals surface area contributed by atoms with Gasteiger partial charge in [0.05, 0.1) is 0 Å². The summed E-state index contributed by atoms with van der Waals surface area (Å²) in [4.78, 5) is 12.5. The Morgan fingerprint density at radius 3 is 2.65 bits per heavy atom. The molecule has 1 amide bonds. The Bertz CT molecular complexity index is 589. The molecule has 1 aromatic carbocycles. The molecule has 126 valence electrons. The van der Waals surface area contributed by atoms with Gasteiger partial charge in [-0.3, -0.25) is 4.79 Å². The first-order valence-corrected chi connectivity index (χ1v) is 7.48. The van der Waals surface area contributed by atoms with Gasteiger partial charge in [-0.1, -0.05) is 30.3 Å². The second-order valence-corrected chi connectivity index (χ2v) is 5.16. The average Bonchev–Trinajstić information content (AvgIpc) is 2.96. The second-order valence-electron chi connectivity index (χ2n) is 5.16. The molecule has 0 aliphatic rings. The molecule has 8 heteroatoms. The topological polar surface area (TPSA) is 98.7 Å². The van der Waals surface area contributed by atoms with Gasteiger partial charge < -0.3 is 11.1 Å². The molecule has 0 saturated heterocycles. The van der Waals surface area contributed by atoms with Crippen molar-refractivity contribution in [3.05, 3.63) is 41.7 Å². The van der Waals surface area contributed by atoms with Gasteiger partial charge in [-0.05, 0) is 42.3 Å². The Morgan fingerprint density at radius 2 is 2.04 bits per heavy atom. The summed E-state index contributed by atoms with van der Waals surface area (Å²) in [5.41, 5.74) is 6.53. The van der Waals surface area contributed by atoms with Crippen LogP contribution in [0.5, 0.6) is 0 Å². The molecular formula is C15H23ClN6O. The number of nitrogens with zero attached hydrogens (tertiary/aromatic N) is 4. The number of hydrogen-bond acceptors (Lipinski definition) is 5. The number of amides is 1. The van der Waals surface area contributed by atoms with Crippen LogP contribution in [0.4, 0.5) is 0 Å². The first-order valence-electron chi connectivity index (χ1n) is 7.48. The molecule has 7 nitrogen and oxygen atoms in total. The Hall–Kier alpha value is -1.99. The Labute approximate surface area is 142 Å². The highest BCUT2D eigenvalue weighted by atomic mass is 35.5. The normalized spacial score (nSPS) is 11.6. The monoisotopic (exact) mass is 338 g/mol. The van der Waals surface area contributed by atoms with Gasteiger partial charge in [0.1, 0.15) is 11.9 Å². The Kier molecular flexibility index (Phi) is 8.21. The van der Waals surface area contributed by atoms with Crippen molar-refractivity contribution in [3.8, 4) is 0 Å². The third-order valence-corrected chi connectivity index (χ3v) is 3.46. The number of nitrogens with two attached hydrogens (primary N) is 1. The van der Waals surface area contributed by atoms with Crippen molar-refractivity contribution in [1.29, 1.82) is 0 Å². The Balaban J connectivity index is 0.00000264. The van der Waals surface area contributed by atoms with Gasteiger partial charge in [-0.25, -0.2) is 4.68 Å². The summed E-state index contributed by atoms with van der Waals surface area (Å²) in [6.45, 7) is 3.04. The summed E-state index contributed by atoms with van der Waals surface area (Å²) < 4.78 is 1.57. The lowest BCUT2D eigenvalue weighted by Crippen LogP contribution is -2.35. The number of nitrogens with one attached hydrogen (secondary N) is 1. The number of unbranched alkanes of at least 4 members (excludes halogenated alkanes) is 1. The van der Waals surface area contributed by atoms with Crippen LogP contribution in [-0.2, 0) is 11.2 Å². The first-order chi connectivity index (χ1) is 10.7. The standard InChI is InChI=1S/C15H22N6O.ClH/c1-12-18-19-20-21(12)14(11-13-7-3-2-4-8-13)15(22)17-10-6-5-9-16;/h2-4,7-8,14H,5-6,9-11,16H2,1H3,(H,17,22);1H. The van der Waals surface area contributed by atoms with E-state index in [0.29, 0.717) is 25.3 Å². The highest BCUT2D eigenvalue weighted by Crippen LogP contribution is 2.14. The number of hydrogen-bond donors (Lipinski definition) is 2. The largest absolute Gasteiger partial charge is 0.354 e. The van der Waals surface area contributed by atoms with E-state index < -0.39 is 6.04 Å². The third kappa shape index (κ3) is 5.61. The smallest absolute Gasteiger partial charge is 0.245 e. The van der Waals surface area contributed by atoms with Crippen molar-refractivity contribution in [2.24, 2.45) is 5.73 Å². The van der Waals surface area contributed by atoms with Crippen molar-refractivity contribution in [2.75, 3.05) is 13.1 Å². The van der Waals surface area contributed by atoms with Gasteiger partial charge in [-0.2, -0.15) is 0 Å². The quantitative estimate of drug-likeness (QED) is 0.701. The van der Waals surface area contributed by atoms with Crippen molar-refractivity contribution < 1.29 is 4.79 Å². The molecule has 0 spiro atoms. The van der Waals surface area contributed by atoms with E-state index in [1.807, 2.05) is 30.3 Å². The lowest BCUT2D eigenvalue weighted by Gasteiger charge is -2.17. The zero-order valence-electron chi connectivity index (χ0n) is 13.2. The minimum atomic E-state index is -0.449. The summed E-state index contributed by atoms with van der Waals surface area (Å²) in [7, 11) is 0. The summed E-state index contributed by atoms with van der Waals surface area (Å²) >= 11 is 0. The van der Waals surface area contributed by atoms with E-state index >= 15 is 0 Å². The van der Waals surface area contributed by atoms with E-state index in [2.05, 4.69) is 20.8 Å². The zero-order valence-corrected chi connectivity index (χ0v) is 14.0. The highest BCUT2D eigenvalue weighted by molar-refractivity contribution is 5.85. The average molecular weight is 339 g/mol. The van der Waals surface area contributed by atoms with Crippen LogP contribution >= 0.6 is 12.4 Å². The van der Waals surface area contributed by atoms with Gasteiger partial charge in [-0.15, -0.1) is 17.5 Å². The van der Waals surface area contributed by atoms with Crippen LogP contribution in [0.1, 0.15) is 30.3 Å². The first kappa shape index (κ1) is 19.1. The number of halogens is 1. The third-order valence-electron chi connectivity index (χ3n) is 3.46. The molecule has 1 heterocycles. The minimum absolute atomic E-state index is 0. The minimum Gasteiger partial charge on any atom is -0.354 e.